The molecule has 1 aromatic rings. The number of rotatable bonds is 2. The summed E-state index contributed by atoms with van der Waals surface area (Å²) in [5.74, 6) is 0.848. The van der Waals surface area contributed by atoms with E-state index in [1.165, 1.54) is 0 Å². The minimum absolute atomic E-state index is 0.556. The molecule has 0 unspecified atom stereocenters. The van der Waals surface area contributed by atoms with Crippen molar-refractivity contribution >= 4 is 6.08 Å². The van der Waals surface area contributed by atoms with E-state index in [1.54, 1.807) is 6.26 Å². The summed E-state index contributed by atoms with van der Waals surface area (Å²) in [4.78, 5) is 0. The van der Waals surface area contributed by atoms with Gasteiger partial charge < -0.3 is 10.2 Å². The van der Waals surface area contributed by atoms with Gasteiger partial charge in [0.05, 0.1) is 6.26 Å². The topological polar surface area (TPSA) is 39.2 Å². The van der Waals surface area contributed by atoms with Crippen LogP contribution in [0.4, 0.5) is 0 Å². The second kappa shape index (κ2) is 3.10. The van der Waals surface area contributed by atoms with Gasteiger partial charge in [-0.1, -0.05) is 6.08 Å². The molecule has 0 radical (unpaired) electrons. The van der Waals surface area contributed by atoms with E-state index in [4.69, 9.17) is 10.2 Å². The Labute approximate surface area is 54.0 Å². The highest BCUT2D eigenvalue weighted by Crippen LogP contribution is 2.00. The molecule has 0 atom stereocenters. The van der Waals surface area contributed by atoms with Gasteiger partial charge in [-0.25, -0.2) is 0 Å². The van der Waals surface area contributed by atoms with E-state index >= 15 is 0 Å². The SMILES string of the molecule is NCC=Cc1ccco1. The van der Waals surface area contributed by atoms with Gasteiger partial charge >= 0.3 is 0 Å². The lowest BCUT2D eigenvalue weighted by atomic mass is 10.4. The average Bonchev–Trinajstić information content (AvgIpc) is 2.34. The summed E-state index contributed by atoms with van der Waals surface area (Å²) in [6.07, 6.45) is 5.33. The van der Waals surface area contributed by atoms with Crippen LogP contribution < -0.4 is 5.73 Å². The molecular formula is C7H9NO. The Hall–Kier alpha value is -1.02. The van der Waals surface area contributed by atoms with Crippen molar-refractivity contribution in [2.75, 3.05) is 6.54 Å². The zero-order valence-corrected chi connectivity index (χ0v) is 5.08. The van der Waals surface area contributed by atoms with Crippen LogP contribution in [-0.4, -0.2) is 6.54 Å². The van der Waals surface area contributed by atoms with E-state index in [0.717, 1.165) is 5.76 Å². The summed E-state index contributed by atoms with van der Waals surface area (Å²) < 4.78 is 4.99. The lowest BCUT2D eigenvalue weighted by Crippen LogP contribution is -1.91. The minimum Gasteiger partial charge on any atom is -0.465 e. The first-order valence-corrected chi connectivity index (χ1v) is 2.83. The van der Waals surface area contributed by atoms with Gasteiger partial charge in [0.1, 0.15) is 5.76 Å². The third kappa shape index (κ3) is 1.74. The van der Waals surface area contributed by atoms with Crippen molar-refractivity contribution in [3.05, 3.63) is 30.2 Å². The summed E-state index contributed by atoms with van der Waals surface area (Å²) >= 11 is 0. The van der Waals surface area contributed by atoms with Crippen molar-refractivity contribution in [3.8, 4) is 0 Å². The second-order valence-electron chi connectivity index (χ2n) is 1.65. The Morgan fingerprint density at radius 3 is 3.11 bits per heavy atom. The van der Waals surface area contributed by atoms with E-state index in [1.807, 2.05) is 24.3 Å². The molecule has 0 saturated carbocycles. The lowest BCUT2D eigenvalue weighted by molar-refractivity contribution is 0.557. The van der Waals surface area contributed by atoms with Crippen LogP contribution in [-0.2, 0) is 0 Å². The van der Waals surface area contributed by atoms with Crippen LogP contribution in [0.25, 0.3) is 6.08 Å². The van der Waals surface area contributed by atoms with Crippen molar-refractivity contribution in [1.82, 2.24) is 0 Å². The second-order valence-corrected chi connectivity index (χ2v) is 1.65. The van der Waals surface area contributed by atoms with Gasteiger partial charge in [-0.3, -0.25) is 0 Å². The molecule has 0 bridgehead atoms. The van der Waals surface area contributed by atoms with Crippen LogP contribution in [0.1, 0.15) is 5.76 Å². The zero-order valence-electron chi connectivity index (χ0n) is 5.08. The predicted molar refractivity (Wildman–Crippen MR) is 36.8 cm³/mol. The molecule has 2 heteroatoms. The van der Waals surface area contributed by atoms with Gasteiger partial charge in [-0.05, 0) is 18.2 Å². The van der Waals surface area contributed by atoms with Gasteiger partial charge in [0.25, 0.3) is 0 Å². The minimum atomic E-state index is 0.556. The maximum atomic E-state index is 5.22. The fraction of sp³-hybridized carbons (Fsp3) is 0.143. The first-order chi connectivity index (χ1) is 4.43. The summed E-state index contributed by atoms with van der Waals surface area (Å²) in [6, 6.07) is 3.72. The Morgan fingerprint density at radius 1 is 1.67 bits per heavy atom. The molecule has 48 valence electrons. The molecule has 1 aromatic heterocycles. The molecule has 0 spiro atoms. The molecule has 1 rings (SSSR count). The van der Waals surface area contributed by atoms with E-state index in [-0.39, 0.29) is 0 Å². The lowest BCUT2D eigenvalue weighted by Gasteiger charge is -1.79. The maximum Gasteiger partial charge on any atom is 0.126 e. The fourth-order valence-electron chi connectivity index (χ4n) is 0.570. The molecule has 2 N–H and O–H groups in total. The molecule has 0 aliphatic heterocycles. The van der Waals surface area contributed by atoms with Crippen molar-refractivity contribution in [2.24, 2.45) is 5.73 Å². The van der Waals surface area contributed by atoms with Gasteiger partial charge in [0.15, 0.2) is 0 Å². The van der Waals surface area contributed by atoms with Crippen molar-refractivity contribution < 1.29 is 4.42 Å². The Bertz CT molecular complexity index is 177. The monoisotopic (exact) mass is 123 g/mol. The Kier molecular flexibility index (Phi) is 2.10. The molecule has 0 saturated heterocycles. The molecular weight excluding hydrogens is 114 g/mol. The largest absolute Gasteiger partial charge is 0.465 e. The molecule has 1 heterocycles. The van der Waals surface area contributed by atoms with Gasteiger partial charge in [-0.15, -0.1) is 0 Å². The van der Waals surface area contributed by atoms with Crippen LogP contribution in [0.2, 0.25) is 0 Å². The van der Waals surface area contributed by atoms with Crippen molar-refractivity contribution in [2.45, 2.75) is 0 Å². The molecule has 2 nitrogen and oxygen atoms in total. The van der Waals surface area contributed by atoms with Crippen LogP contribution in [0, 0.1) is 0 Å². The fourth-order valence-corrected chi connectivity index (χ4v) is 0.570. The summed E-state index contributed by atoms with van der Waals surface area (Å²) in [5, 5.41) is 0. The summed E-state index contributed by atoms with van der Waals surface area (Å²) in [7, 11) is 0. The van der Waals surface area contributed by atoms with Crippen LogP contribution in [0.5, 0.6) is 0 Å². The first kappa shape index (κ1) is 6.11. The van der Waals surface area contributed by atoms with Crippen LogP contribution in [0.3, 0.4) is 0 Å². The van der Waals surface area contributed by atoms with Crippen LogP contribution >= 0.6 is 0 Å². The normalized spacial score (nSPS) is 10.8. The maximum absolute atomic E-state index is 5.22. The molecule has 9 heavy (non-hydrogen) atoms. The van der Waals surface area contributed by atoms with Crippen molar-refractivity contribution in [1.29, 1.82) is 0 Å². The van der Waals surface area contributed by atoms with E-state index in [9.17, 15) is 0 Å². The van der Waals surface area contributed by atoms with Crippen LogP contribution in [0.15, 0.2) is 28.9 Å². The Morgan fingerprint density at radius 2 is 2.56 bits per heavy atom. The Balaban J connectivity index is 2.57. The van der Waals surface area contributed by atoms with Gasteiger partial charge in [0, 0.05) is 6.54 Å². The molecule has 0 aliphatic rings. The number of hydrogen-bond acceptors (Lipinski definition) is 2. The molecule has 0 amide bonds. The summed E-state index contributed by atoms with van der Waals surface area (Å²) in [6.45, 7) is 0.556. The van der Waals surface area contributed by atoms with E-state index in [2.05, 4.69) is 0 Å². The standard InChI is InChI=1S/C7H9NO/c8-5-1-3-7-4-2-6-9-7/h1-4,6H,5,8H2. The smallest absolute Gasteiger partial charge is 0.126 e. The van der Waals surface area contributed by atoms with Gasteiger partial charge in [-0.2, -0.15) is 0 Å². The quantitative estimate of drug-likeness (QED) is 0.642. The third-order valence-electron chi connectivity index (χ3n) is 0.961. The highest BCUT2D eigenvalue weighted by atomic mass is 16.3. The predicted octanol–water partition coefficient (Wildman–Crippen LogP) is 1.25. The summed E-state index contributed by atoms with van der Waals surface area (Å²) in [5.41, 5.74) is 5.22. The molecule has 0 aliphatic carbocycles. The number of hydrogen-bond donors (Lipinski definition) is 1. The highest BCUT2D eigenvalue weighted by Gasteiger charge is 1.83. The van der Waals surface area contributed by atoms with Gasteiger partial charge in [0.2, 0.25) is 0 Å². The third-order valence-corrected chi connectivity index (χ3v) is 0.961. The highest BCUT2D eigenvalue weighted by molar-refractivity contribution is 5.41. The average molecular weight is 123 g/mol. The molecule has 0 fully saturated rings. The number of nitrogens with two attached hydrogens (primary N) is 1. The van der Waals surface area contributed by atoms with Crippen molar-refractivity contribution in [3.63, 3.8) is 0 Å². The zero-order chi connectivity index (χ0) is 6.53. The van der Waals surface area contributed by atoms with E-state index < -0.39 is 0 Å². The number of furan rings is 1. The first-order valence-electron chi connectivity index (χ1n) is 2.83. The molecule has 0 aromatic carbocycles. The van der Waals surface area contributed by atoms with E-state index in [0.29, 0.717) is 6.54 Å².